The third-order valence-corrected chi connectivity index (χ3v) is 7.05. The molecular weight excluding hydrogens is 546 g/mol. The number of benzene rings is 1. The fourth-order valence-electron chi connectivity index (χ4n) is 3.19. The molecular formula is C21H20BrN5O5S2. The number of thioether (sulfide) groups is 1. The third-order valence-electron chi connectivity index (χ3n) is 4.62. The Bertz CT molecular complexity index is 1230. The van der Waals surface area contributed by atoms with Crippen LogP contribution >= 0.6 is 39.0 Å². The van der Waals surface area contributed by atoms with Gasteiger partial charge in [-0.15, -0.1) is 10.2 Å². The van der Waals surface area contributed by atoms with Gasteiger partial charge in [0.2, 0.25) is 5.13 Å². The Hall–Kier alpha value is -3.03. The van der Waals surface area contributed by atoms with Gasteiger partial charge in [-0.05, 0) is 47.1 Å². The molecule has 1 aromatic carbocycles. The summed E-state index contributed by atoms with van der Waals surface area (Å²) in [5.74, 6) is 0.818. The van der Waals surface area contributed by atoms with Gasteiger partial charge in [0.15, 0.2) is 9.01 Å². The Labute approximate surface area is 211 Å². The van der Waals surface area contributed by atoms with Gasteiger partial charge in [0.25, 0.3) is 0 Å². The molecule has 13 heteroatoms. The third kappa shape index (κ3) is 5.54. The molecule has 0 spiro atoms. The first kappa shape index (κ1) is 24.1. The first-order chi connectivity index (χ1) is 16.5. The van der Waals surface area contributed by atoms with Crippen molar-refractivity contribution in [1.29, 1.82) is 0 Å². The highest BCUT2D eigenvalue weighted by Gasteiger charge is 2.35. The predicted molar refractivity (Wildman–Crippen MR) is 131 cm³/mol. The number of furan rings is 1. The second kappa shape index (κ2) is 10.9. The van der Waals surface area contributed by atoms with Crippen LogP contribution in [0.3, 0.4) is 0 Å². The predicted octanol–water partition coefficient (Wildman–Crippen LogP) is 4.61. The summed E-state index contributed by atoms with van der Waals surface area (Å²) < 4.78 is 17.3. The number of halogens is 1. The number of esters is 1. The van der Waals surface area contributed by atoms with Crippen molar-refractivity contribution in [3.63, 3.8) is 0 Å². The van der Waals surface area contributed by atoms with Gasteiger partial charge in [-0.3, -0.25) is 0 Å². The molecule has 3 N–H and O–H groups in total. The SMILES string of the molecule is CCOC(=O)C1=C(CSc2nnc(Nc3ccccc3OC)s2)NC(=O)N[C@@H]1c1ccc(Br)o1. The quantitative estimate of drug-likeness (QED) is 0.251. The fourth-order valence-corrected chi connectivity index (χ4v) is 5.25. The Morgan fingerprint density at radius 2 is 2.12 bits per heavy atom. The highest BCUT2D eigenvalue weighted by atomic mass is 79.9. The molecule has 0 aliphatic carbocycles. The van der Waals surface area contributed by atoms with E-state index in [1.54, 1.807) is 26.2 Å². The zero-order valence-electron chi connectivity index (χ0n) is 18.1. The zero-order chi connectivity index (χ0) is 24.1. The molecule has 1 aliphatic rings. The molecule has 178 valence electrons. The van der Waals surface area contributed by atoms with Gasteiger partial charge in [0.1, 0.15) is 17.6 Å². The number of ether oxygens (including phenoxy) is 2. The highest BCUT2D eigenvalue weighted by molar-refractivity contribution is 9.10. The maximum absolute atomic E-state index is 12.8. The van der Waals surface area contributed by atoms with Gasteiger partial charge in [0, 0.05) is 11.4 Å². The van der Waals surface area contributed by atoms with E-state index in [9.17, 15) is 9.59 Å². The molecule has 0 bridgehead atoms. The maximum atomic E-state index is 12.8. The van der Waals surface area contributed by atoms with E-state index in [1.165, 1.54) is 23.1 Å². The van der Waals surface area contributed by atoms with Gasteiger partial charge < -0.3 is 29.8 Å². The van der Waals surface area contributed by atoms with Crippen LogP contribution in [0, 0.1) is 0 Å². The minimum atomic E-state index is -0.785. The Kier molecular flexibility index (Phi) is 7.75. The number of rotatable bonds is 9. The van der Waals surface area contributed by atoms with Crippen LogP contribution in [0.1, 0.15) is 18.7 Å². The van der Waals surface area contributed by atoms with Crippen molar-refractivity contribution in [2.75, 3.05) is 24.8 Å². The second-order valence-electron chi connectivity index (χ2n) is 6.77. The number of aromatic nitrogens is 2. The summed E-state index contributed by atoms with van der Waals surface area (Å²) in [5.41, 5.74) is 1.45. The summed E-state index contributed by atoms with van der Waals surface area (Å²) in [6.07, 6.45) is 0. The van der Waals surface area contributed by atoms with Crippen molar-refractivity contribution in [3.05, 3.63) is 58.1 Å². The lowest BCUT2D eigenvalue weighted by Gasteiger charge is -2.27. The van der Waals surface area contributed by atoms with Gasteiger partial charge >= 0.3 is 12.0 Å². The molecule has 1 aliphatic heterocycles. The van der Waals surface area contributed by atoms with E-state index >= 15 is 0 Å². The number of methoxy groups -OCH3 is 1. The first-order valence-corrected chi connectivity index (χ1v) is 12.7. The molecule has 10 nitrogen and oxygen atoms in total. The normalized spacial score (nSPS) is 15.5. The van der Waals surface area contributed by atoms with E-state index in [4.69, 9.17) is 13.9 Å². The molecule has 0 fully saturated rings. The van der Waals surface area contributed by atoms with Crippen LogP contribution in [0.25, 0.3) is 0 Å². The van der Waals surface area contributed by atoms with E-state index in [-0.39, 0.29) is 17.9 Å². The van der Waals surface area contributed by atoms with Crippen molar-refractivity contribution < 1.29 is 23.5 Å². The maximum Gasteiger partial charge on any atom is 0.338 e. The molecule has 34 heavy (non-hydrogen) atoms. The average molecular weight is 566 g/mol. The lowest BCUT2D eigenvalue weighted by atomic mass is 10.0. The van der Waals surface area contributed by atoms with Crippen molar-refractivity contribution in [1.82, 2.24) is 20.8 Å². The number of urea groups is 1. The van der Waals surface area contributed by atoms with Crippen LogP contribution in [0.2, 0.25) is 0 Å². The molecule has 0 saturated carbocycles. The van der Waals surface area contributed by atoms with Gasteiger partial charge in [-0.2, -0.15) is 0 Å². The van der Waals surface area contributed by atoms with Gasteiger partial charge in [-0.25, -0.2) is 9.59 Å². The number of nitrogens with one attached hydrogen (secondary N) is 3. The molecule has 4 rings (SSSR count). The lowest BCUT2D eigenvalue weighted by molar-refractivity contribution is -0.139. The molecule has 1 atom stereocenters. The molecule has 2 aromatic heterocycles. The number of amides is 2. The van der Waals surface area contributed by atoms with Crippen LogP contribution in [0.4, 0.5) is 15.6 Å². The van der Waals surface area contributed by atoms with Crippen LogP contribution in [0.5, 0.6) is 5.75 Å². The number of hydrogen-bond donors (Lipinski definition) is 3. The Morgan fingerprint density at radius 3 is 2.85 bits per heavy atom. The largest absolute Gasteiger partial charge is 0.495 e. The summed E-state index contributed by atoms with van der Waals surface area (Å²) in [6, 6.07) is 9.63. The minimum Gasteiger partial charge on any atom is -0.495 e. The van der Waals surface area contributed by atoms with E-state index in [0.717, 1.165) is 5.69 Å². The van der Waals surface area contributed by atoms with Crippen LogP contribution < -0.4 is 20.7 Å². The van der Waals surface area contributed by atoms with Crippen LogP contribution in [-0.2, 0) is 9.53 Å². The van der Waals surface area contributed by atoms with E-state index in [0.29, 0.717) is 31.3 Å². The number of anilines is 2. The molecule has 0 saturated heterocycles. The monoisotopic (exact) mass is 565 g/mol. The zero-order valence-corrected chi connectivity index (χ0v) is 21.3. The number of para-hydroxylation sites is 2. The van der Waals surface area contributed by atoms with Crippen LogP contribution in [-0.4, -0.2) is 41.7 Å². The first-order valence-electron chi connectivity index (χ1n) is 10.1. The summed E-state index contributed by atoms with van der Waals surface area (Å²) in [6.45, 7) is 1.91. The molecule has 0 unspecified atom stereocenters. The summed E-state index contributed by atoms with van der Waals surface area (Å²) in [4.78, 5) is 25.2. The molecule has 0 radical (unpaired) electrons. The number of nitrogens with zero attached hydrogens (tertiary/aromatic N) is 2. The lowest BCUT2D eigenvalue weighted by Crippen LogP contribution is -2.46. The van der Waals surface area contributed by atoms with Crippen molar-refractivity contribution in [2.45, 2.75) is 17.3 Å². The van der Waals surface area contributed by atoms with Crippen molar-refractivity contribution in [3.8, 4) is 5.75 Å². The molecule has 2 amide bonds. The molecule has 3 aromatic rings. The Morgan fingerprint density at radius 1 is 1.29 bits per heavy atom. The van der Waals surface area contributed by atoms with Crippen LogP contribution in [0.15, 0.2) is 61.1 Å². The molecule has 3 heterocycles. The van der Waals surface area contributed by atoms with E-state index < -0.39 is 18.0 Å². The number of carbonyl (C=O) groups excluding carboxylic acids is 2. The standard InChI is InChI=1S/C21H20BrN5O5S2/c1-3-31-18(28)16-12(23-19(29)25-17(16)14-8-9-15(22)32-14)10-33-21-27-26-20(34-21)24-11-6-4-5-7-13(11)30-2/h4-9,17H,3,10H2,1-2H3,(H,24,26)(H2,23,25,29)/t17-/m1/s1. The van der Waals surface area contributed by atoms with Gasteiger partial charge in [0.05, 0.1) is 25.0 Å². The summed E-state index contributed by atoms with van der Waals surface area (Å²) in [7, 11) is 1.60. The number of hydrogen-bond acceptors (Lipinski definition) is 10. The van der Waals surface area contributed by atoms with E-state index in [1.807, 2.05) is 24.3 Å². The van der Waals surface area contributed by atoms with Crippen molar-refractivity contribution >= 4 is 61.8 Å². The fraction of sp³-hybridized carbons (Fsp3) is 0.238. The van der Waals surface area contributed by atoms with E-state index in [2.05, 4.69) is 42.1 Å². The smallest absolute Gasteiger partial charge is 0.338 e. The highest BCUT2D eigenvalue weighted by Crippen LogP contribution is 2.35. The Balaban J connectivity index is 1.54. The second-order valence-corrected chi connectivity index (χ2v) is 9.75. The van der Waals surface area contributed by atoms with Gasteiger partial charge in [-0.1, -0.05) is 35.2 Å². The summed E-state index contributed by atoms with van der Waals surface area (Å²) in [5, 5.41) is 17.6. The number of carbonyl (C=O) groups is 2. The van der Waals surface area contributed by atoms with Crippen molar-refractivity contribution in [2.24, 2.45) is 0 Å². The minimum absolute atomic E-state index is 0.194. The summed E-state index contributed by atoms with van der Waals surface area (Å²) >= 11 is 5.93. The average Bonchev–Trinajstić information content (AvgIpc) is 3.46. The topological polar surface area (TPSA) is 128 Å².